The summed E-state index contributed by atoms with van der Waals surface area (Å²) in [6.45, 7) is 0. The Balaban J connectivity index is 1.58. The molecule has 2 aromatic heterocycles. The summed E-state index contributed by atoms with van der Waals surface area (Å²) < 4.78 is 0. The van der Waals surface area contributed by atoms with E-state index in [-0.39, 0.29) is 0 Å². The first-order chi connectivity index (χ1) is 11.4. The van der Waals surface area contributed by atoms with Gasteiger partial charge in [-0.25, -0.2) is 0 Å². The van der Waals surface area contributed by atoms with Crippen LogP contribution in [0.2, 0.25) is 0 Å². The molecule has 0 spiro atoms. The molecule has 0 amide bonds. The van der Waals surface area contributed by atoms with E-state index >= 15 is 0 Å². The predicted molar refractivity (Wildman–Crippen MR) is 90.7 cm³/mol. The summed E-state index contributed by atoms with van der Waals surface area (Å²) in [5, 5.41) is 15.9. The van der Waals surface area contributed by atoms with Crippen molar-refractivity contribution in [2.45, 2.75) is 31.7 Å². The van der Waals surface area contributed by atoms with Crippen LogP contribution < -0.4 is 10.6 Å². The van der Waals surface area contributed by atoms with Gasteiger partial charge < -0.3 is 10.6 Å². The van der Waals surface area contributed by atoms with Crippen LogP contribution in [0, 0.1) is 0 Å². The van der Waals surface area contributed by atoms with Gasteiger partial charge in [0.05, 0.1) is 17.4 Å². The van der Waals surface area contributed by atoms with Crippen LogP contribution in [-0.2, 0) is 0 Å². The van der Waals surface area contributed by atoms with Crippen LogP contribution >= 0.6 is 0 Å². The van der Waals surface area contributed by atoms with E-state index in [1.807, 2.05) is 30.3 Å². The topological polar surface area (TPSA) is 75.6 Å². The summed E-state index contributed by atoms with van der Waals surface area (Å²) >= 11 is 0. The molecular weight excluding hydrogens is 288 g/mol. The highest BCUT2D eigenvalue weighted by Gasteiger charge is 2.15. The smallest absolute Gasteiger partial charge is 0.249 e. The number of anilines is 3. The summed E-state index contributed by atoms with van der Waals surface area (Å²) in [7, 11) is 0. The number of aromatic nitrogens is 4. The third-order valence-electron chi connectivity index (χ3n) is 4.15. The van der Waals surface area contributed by atoms with Crippen molar-refractivity contribution in [3.05, 3.63) is 42.7 Å². The molecule has 116 valence electrons. The first-order valence-electron chi connectivity index (χ1n) is 7.95. The van der Waals surface area contributed by atoms with Gasteiger partial charge in [0.25, 0.3) is 0 Å². The van der Waals surface area contributed by atoms with Crippen molar-refractivity contribution in [2.24, 2.45) is 0 Å². The summed E-state index contributed by atoms with van der Waals surface area (Å²) in [5.41, 5.74) is 1.77. The van der Waals surface area contributed by atoms with E-state index in [1.165, 1.54) is 25.7 Å². The van der Waals surface area contributed by atoms with E-state index in [0.717, 1.165) is 22.4 Å². The molecule has 1 saturated carbocycles. The highest BCUT2D eigenvalue weighted by Crippen LogP contribution is 2.24. The maximum Gasteiger partial charge on any atom is 0.249 e. The third-order valence-corrected chi connectivity index (χ3v) is 4.15. The Hall–Kier alpha value is -2.76. The molecular formula is C17H18N6. The SMILES string of the molecule is c1cnc2c(Nc3nncc(NC4CCCC4)n3)cccc2c1. The fourth-order valence-electron chi connectivity index (χ4n) is 3.03. The number of fused-ring (bicyclic) bond motifs is 1. The largest absolute Gasteiger partial charge is 0.366 e. The second-order valence-corrected chi connectivity index (χ2v) is 5.80. The van der Waals surface area contributed by atoms with Crippen LogP contribution in [0.4, 0.5) is 17.5 Å². The Morgan fingerprint density at radius 1 is 1.04 bits per heavy atom. The lowest BCUT2D eigenvalue weighted by Gasteiger charge is -2.13. The molecule has 2 N–H and O–H groups in total. The number of benzene rings is 1. The van der Waals surface area contributed by atoms with Crippen molar-refractivity contribution in [1.29, 1.82) is 0 Å². The minimum absolute atomic E-state index is 0.478. The number of nitrogens with zero attached hydrogens (tertiary/aromatic N) is 4. The Kier molecular flexibility index (Phi) is 3.71. The molecule has 0 saturated heterocycles. The van der Waals surface area contributed by atoms with Gasteiger partial charge in [-0.1, -0.05) is 31.0 Å². The normalized spacial score (nSPS) is 15.0. The second-order valence-electron chi connectivity index (χ2n) is 5.80. The van der Waals surface area contributed by atoms with Gasteiger partial charge in [-0.3, -0.25) is 4.98 Å². The molecule has 0 aliphatic heterocycles. The van der Waals surface area contributed by atoms with Crippen molar-refractivity contribution in [1.82, 2.24) is 20.2 Å². The van der Waals surface area contributed by atoms with Crippen LogP contribution in [0.3, 0.4) is 0 Å². The number of rotatable bonds is 4. The van der Waals surface area contributed by atoms with Crippen molar-refractivity contribution in [3.63, 3.8) is 0 Å². The fraction of sp³-hybridized carbons (Fsp3) is 0.294. The van der Waals surface area contributed by atoms with E-state index in [4.69, 9.17) is 0 Å². The molecule has 1 aliphatic rings. The molecule has 6 nitrogen and oxygen atoms in total. The molecule has 2 heterocycles. The molecule has 1 fully saturated rings. The lowest BCUT2D eigenvalue weighted by molar-refractivity contribution is 0.747. The minimum atomic E-state index is 0.478. The first kappa shape index (κ1) is 13.9. The standard InChI is InChI=1S/C17H18N6/c1-2-8-13(7-1)20-15-11-19-23-17(22-15)21-14-9-3-5-12-6-4-10-18-16(12)14/h3-6,9-11,13H,1-2,7-8H2,(H2,20,21,22,23). The van der Waals surface area contributed by atoms with Crippen molar-refractivity contribution in [2.75, 3.05) is 10.6 Å². The van der Waals surface area contributed by atoms with Crippen LogP contribution in [0.15, 0.2) is 42.7 Å². The molecule has 0 atom stereocenters. The zero-order valence-corrected chi connectivity index (χ0v) is 12.7. The fourth-order valence-corrected chi connectivity index (χ4v) is 3.03. The van der Waals surface area contributed by atoms with Gasteiger partial charge in [-0.2, -0.15) is 10.1 Å². The Morgan fingerprint density at radius 2 is 1.91 bits per heavy atom. The van der Waals surface area contributed by atoms with Crippen LogP contribution in [-0.4, -0.2) is 26.2 Å². The Morgan fingerprint density at radius 3 is 2.83 bits per heavy atom. The van der Waals surface area contributed by atoms with E-state index < -0.39 is 0 Å². The lowest BCUT2D eigenvalue weighted by Crippen LogP contribution is -2.16. The summed E-state index contributed by atoms with van der Waals surface area (Å²) in [4.78, 5) is 8.94. The van der Waals surface area contributed by atoms with Gasteiger partial charge in [0.1, 0.15) is 0 Å². The highest BCUT2D eigenvalue weighted by atomic mass is 15.3. The number of pyridine rings is 1. The summed E-state index contributed by atoms with van der Waals surface area (Å²) in [5.74, 6) is 1.24. The van der Waals surface area contributed by atoms with Crippen molar-refractivity contribution in [3.8, 4) is 0 Å². The van der Waals surface area contributed by atoms with E-state index in [1.54, 1.807) is 12.4 Å². The zero-order chi connectivity index (χ0) is 15.5. The molecule has 1 aromatic carbocycles. The molecule has 1 aliphatic carbocycles. The average molecular weight is 306 g/mol. The lowest BCUT2D eigenvalue weighted by atomic mass is 10.2. The number of nitrogens with one attached hydrogen (secondary N) is 2. The van der Waals surface area contributed by atoms with E-state index in [9.17, 15) is 0 Å². The Labute approximate surface area is 134 Å². The quantitative estimate of drug-likeness (QED) is 0.768. The van der Waals surface area contributed by atoms with Crippen molar-refractivity contribution >= 4 is 28.4 Å². The van der Waals surface area contributed by atoms with Gasteiger partial charge in [-0.05, 0) is 25.0 Å². The van der Waals surface area contributed by atoms with Gasteiger partial charge in [0.2, 0.25) is 5.95 Å². The Bertz CT molecular complexity index is 808. The van der Waals surface area contributed by atoms with Crippen LogP contribution in [0.1, 0.15) is 25.7 Å². The molecule has 6 heteroatoms. The van der Waals surface area contributed by atoms with Crippen molar-refractivity contribution < 1.29 is 0 Å². The van der Waals surface area contributed by atoms with Crippen LogP contribution in [0.5, 0.6) is 0 Å². The predicted octanol–water partition coefficient (Wildman–Crippen LogP) is 3.52. The number of para-hydroxylation sites is 1. The summed E-state index contributed by atoms with van der Waals surface area (Å²) in [6.07, 6.45) is 8.40. The van der Waals surface area contributed by atoms with Gasteiger partial charge in [0, 0.05) is 17.6 Å². The number of hydrogen-bond donors (Lipinski definition) is 2. The molecule has 0 unspecified atom stereocenters. The molecule has 4 rings (SSSR count). The second kappa shape index (κ2) is 6.16. The molecule has 0 radical (unpaired) electrons. The summed E-state index contributed by atoms with van der Waals surface area (Å²) in [6, 6.07) is 10.4. The van der Waals surface area contributed by atoms with Crippen LogP contribution in [0.25, 0.3) is 10.9 Å². The maximum atomic E-state index is 4.51. The van der Waals surface area contributed by atoms with E-state index in [0.29, 0.717) is 12.0 Å². The van der Waals surface area contributed by atoms with Gasteiger partial charge in [-0.15, -0.1) is 5.10 Å². The third kappa shape index (κ3) is 3.06. The minimum Gasteiger partial charge on any atom is -0.366 e. The average Bonchev–Trinajstić information content (AvgIpc) is 3.09. The molecule has 0 bridgehead atoms. The van der Waals surface area contributed by atoms with E-state index in [2.05, 4.69) is 30.8 Å². The molecule has 23 heavy (non-hydrogen) atoms. The molecule has 3 aromatic rings. The number of hydrogen-bond acceptors (Lipinski definition) is 6. The maximum absolute atomic E-state index is 4.51. The zero-order valence-electron chi connectivity index (χ0n) is 12.7. The first-order valence-corrected chi connectivity index (χ1v) is 7.95. The van der Waals surface area contributed by atoms with Gasteiger partial charge in [0.15, 0.2) is 5.82 Å². The monoisotopic (exact) mass is 306 g/mol. The highest BCUT2D eigenvalue weighted by molar-refractivity contribution is 5.91. The van der Waals surface area contributed by atoms with Gasteiger partial charge >= 0.3 is 0 Å².